The Morgan fingerprint density at radius 2 is 2.00 bits per heavy atom. The molecule has 23 heavy (non-hydrogen) atoms. The fourth-order valence-corrected chi connectivity index (χ4v) is 3.19. The summed E-state index contributed by atoms with van der Waals surface area (Å²) in [7, 11) is 1.28. The monoisotopic (exact) mass is 313 g/mol. The lowest BCUT2D eigenvalue weighted by Gasteiger charge is -2.31. The Labute approximate surface area is 133 Å². The van der Waals surface area contributed by atoms with Crippen molar-refractivity contribution in [2.45, 2.75) is 18.9 Å². The number of ether oxygens (including phenoxy) is 1. The molecule has 2 aliphatic rings. The maximum Gasteiger partial charge on any atom is 0.332 e. The minimum atomic E-state index is -0.806. The first-order valence-corrected chi connectivity index (χ1v) is 7.31. The molecule has 2 atom stereocenters. The van der Waals surface area contributed by atoms with Crippen LogP contribution in [0.25, 0.3) is 0 Å². The number of amides is 3. The van der Waals surface area contributed by atoms with E-state index in [-0.39, 0.29) is 0 Å². The highest BCUT2D eigenvalue weighted by molar-refractivity contribution is 6.22. The summed E-state index contributed by atoms with van der Waals surface area (Å²) in [6, 6.07) is 6.95. The zero-order valence-electron chi connectivity index (χ0n) is 12.6. The van der Waals surface area contributed by atoms with Crippen LogP contribution >= 0.6 is 0 Å². The van der Waals surface area contributed by atoms with Crippen molar-refractivity contribution in [1.82, 2.24) is 4.90 Å². The molecule has 1 aromatic carbocycles. The standard InChI is InChI=1S/C16H15N3O4/c1-23-15(21)12-3-2-8-18-13(12)14(20)19(16(18)22)11-6-4-10(9-17)5-7-11/h4-7,12-13H,2-3,8H2,1H3/t12-,13+/m1/s1. The first kappa shape index (κ1) is 15.0. The highest BCUT2D eigenvalue weighted by Gasteiger charge is 2.53. The number of methoxy groups -OCH3 is 1. The van der Waals surface area contributed by atoms with Gasteiger partial charge in [-0.25, -0.2) is 9.69 Å². The first-order chi connectivity index (χ1) is 11.1. The summed E-state index contributed by atoms with van der Waals surface area (Å²) in [6.45, 7) is 0.440. The summed E-state index contributed by atoms with van der Waals surface area (Å²) in [5.74, 6) is -1.52. The molecule has 0 bridgehead atoms. The Morgan fingerprint density at radius 3 is 2.61 bits per heavy atom. The van der Waals surface area contributed by atoms with E-state index in [0.29, 0.717) is 30.6 Å². The number of piperidine rings is 1. The predicted molar refractivity (Wildman–Crippen MR) is 79.3 cm³/mol. The number of carbonyl (C=O) groups is 3. The van der Waals surface area contributed by atoms with Crippen molar-refractivity contribution in [1.29, 1.82) is 5.26 Å². The molecule has 118 valence electrons. The number of nitrogens with zero attached hydrogens (tertiary/aromatic N) is 3. The van der Waals surface area contributed by atoms with Gasteiger partial charge in [0.2, 0.25) is 0 Å². The van der Waals surface area contributed by atoms with Crippen LogP contribution in [0.4, 0.5) is 10.5 Å². The summed E-state index contributed by atoms with van der Waals surface area (Å²) in [5, 5.41) is 8.83. The van der Waals surface area contributed by atoms with Crippen molar-refractivity contribution >= 4 is 23.6 Å². The molecule has 3 rings (SSSR count). The van der Waals surface area contributed by atoms with Crippen molar-refractivity contribution < 1.29 is 19.1 Å². The van der Waals surface area contributed by atoms with Gasteiger partial charge in [-0.1, -0.05) is 0 Å². The van der Waals surface area contributed by atoms with Crippen LogP contribution in [-0.4, -0.2) is 42.5 Å². The summed E-state index contributed by atoms with van der Waals surface area (Å²) in [4.78, 5) is 39.7. The van der Waals surface area contributed by atoms with E-state index in [2.05, 4.69) is 0 Å². The second-order valence-corrected chi connectivity index (χ2v) is 5.53. The smallest absolute Gasteiger partial charge is 0.332 e. The van der Waals surface area contributed by atoms with Crippen molar-refractivity contribution in [3.05, 3.63) is 29.8 Å². The Balaban J connectivity index is 1.95. The van der Waals surface area contributed by atoms with Crippen molar-refractivity contribution in [2.75, 3.05) is 18.6 Å². The number of imide groups is 1. The number of anilines is 1. The molecule has 7 heteroatoms. The Bertz CT molecular complexity index is 707. The molecular weight excluding hydrogens is 298 g/mol. The lowest BCUT2D eigenvalue weighted by molar-refractivity contribution is -0.150. The van der Waals surface area contributed by atoms with Gasteiger partial charge in [-0.3, -0.25) is 9.59 Å². The molecule has 0 aromatic heterocycles. The average Bonchev–Trinajstić information content (AvgIpc) is 2.85. The van der Waals surface area contributed by atoms with Gasteiger partial charge < -0.3 is 9.64 Å². The molecule has 0 spiro atoms. The highest BCUT2D eigenvalue weighted by atomic mass is 16.5. The number of nitriles is 1. The van der Waals surface area contributed by atoms with Crippen LogP contribution in [0.1, 0.15) is 18.4 Å². The molecule has 0 radical (unpaired) electrons. The van der Waals surface area contributed by atoms with Gasteiger partial charge in [0.1, 0.15) is 6.04 Å². The number of rotatable bonds is 2. The second-order valence-electron chi connectivity index (χ2n) is 5.53. The van der Waals surface area contributed by atoms with Crippen molar-refractivity contribution in [2.24, 2.45) is 5.92 Å². The van der Waals surface area contributed by atoms with E-state index in [1.807, 2.05) is 6.07 Å². The third kappa shape index (κ3) is 2.32. The van der Waals surface area contributed by atoms with E-state index in [1.54, 1.807) is 24.3 Å². The third-order valence-corrected chi connectivity index (χ3v) is 4.30. The summed E-state index contributed by atoms with van der Waals surface area (Å²) in [5.41, 5.74) is 0.843. The topological polar surface area (TPSA) is 90.7 Å². The number of esters is 1. The van der Waals surface area contributed by atoms with E-state index in [1.165, 1.54) is 12.0 Å². The lowest BCUT2D eigenvalue weighted by atomic mass is 9.89. The van der Waals surface area contributed by atoms with Gasteiger partial charge in [-0.05, 0) is 37.1 Å². The van der Waals surface area contributed by atoms with Gasteiger partial charge in [0, 0.05) is 6.54 Å². The third-order valence-electron chi connectivity index (χ3n) is 4.30. The molecule has 0 saturated carbocycles. The largest absolute Gasteiger partial charge is 0.469 e. The quantitative estimate of drug-likeness (QED) is 0.606. The summed E-state index contributed by atoms with van der Waals surface area (Å²) in [6.07, 6.45) is 1.17. The fourth-order valence-electron chi connectivity index (χ4n) is 3.19. The first-order valence-electron chi connectivity index (χ1n) is 7.31. The van der Waals surface area contributed by atoms with Crippen LogP contribution < -0.4 is 4.90 Å². The van der Waals surface area contributed by atoms with Gasteiger partial charge in [0.15, 0.2) is 0 Å². The van der Waals surface area contributed by atoms with E-state index in [4.69, 9.17) is 10.00 Å². The van der Waals surface area contributed by atoms with Crippen molar-refractivity contribution in [3.8, 4) is 6.07 Å². The van der Waals surface area contributed by atoms with Crippen LogP contribution in [0.2, 0.25) is 0 Å². The summed E-state index contributed by atoms with van der Waals surface area (Å²) >= 11 is 0. The molecule has 0 aliphatic carbocycles. The van der Waals surface area contributed by atoms with Crippen molar-refractivity contribution in [3.63, 3.8) is 0 Å². The number of fused-ring (bicyclic) bond motifs is 1. The number of hydrogen-bond donors (Lipinski definition) is 0. The lowest BCUT2D eigenvalue weighted by Crippen LogP contribution is -2.48. The molecule has 2 fully saturated rings. The van der Waals surface area contributed by atoms with Gasteiger partial charge in [-0.15, -0.1) is 0 Å². The van der Waals surface area contributed by atoms with Crippen LogP contribution in [0.15, 0.2) is 24.3 Å². The maximum absolute atomic E-state index is 12.7. The Hall–Kier alpha value is -2.88. The van der Waals surface area contributed by atoms with Crippen LogP contribution in [-0.2, 0) is 14.3 Å². The molecule has 2 saturated heterocycles. The molecular formula is C16H15N3O4. The number of benzene rings is 1. The predicted octanol–water partition coefficient (Wildman–Crippen LogP) is 1.28. The second kappa shape index (κ2) is 5.72. The van der Waals surface area contributed by atoms with Gasteiger partial charge in [0.25, 0.3) is 5.91 Å². The van der Waals surface area contributed by atoms with E-state index in [9.17, 15) is 14.4 Å². The molecule has 2 aliphatic heterocycles. The molecule has 1 aromatic rings. The van der Waals surface area contributed by atoms with Gasteiger partial charge in [-0.2, -0.15) is 5.26 Å². The molecule has 0 unspecified atom stereocenters. The van der Waals surface area contributed by atoms with E-state index < -0.39 is 29.9 Å². The van der Waals surface area contributed by atoms with Crippen LogP contribution in [0, 0.1) is 17.2 Å². The van der Waals surface area contributed by atoms with E-state index >= 15 is 0 Å². The van der Waals surface area contributed by atoms with Crippen LogP contribution in [0.5, 0.6) is 0 Å². The number of hydrogen-bond acceptors (Lipinski definition) is 5. The molecule has 7 nitrogen and oxygen atoms in total. The number of carbonyl (C=O) groups excluding carboxylic acids is 3. The van der Waals surface area contributed by atoms with Gasteiger partial charge >= 0.3 is 12.0 Å². The average molecular weight is 313 g/mol. The number of urea groups is 1. The normalized spacial score (nSPS) is 23.5. The van der Waals surface area contributed by atoms with E-state index in [0.717, 1.165) is 4.90 Å². The Morgan fingerprint density at radius 1 is 1.30 bits per heavy atom. The molecule has 0 N–H and O–H groups in total. The van der Waals surface area contributed by atoms with Gasteiger partial charge in [0.05, 0.1) is 30.3 Å². The SMILES string of the molecule is COC(=O)[C@@H]1CCCN2C(=O)N(c3ccc(C#N)cc3)C(=O)[C@H]12. The summed E-state index contributed by atoms with van der Waals surface area (Å²) < 4.78 is 4.77. The highest BCUT2D eigenvalue weighted by Crippen LogP contribution is 2.34. The minimum Gasteiger partial charge on any atom is -0.469 e. The maximum atomic E-state index is 12.7. The molecule has 3 amide bonds. The zero-order chi connectivity index (χ0) is 16.6. The minimum absolute atomic E-state index is 0.400. The van der Waals surface area contributed by atoms with Crippen LogP contribution in [0.3, 0.4) is 0 Å². The fraction of sp³-hybridized carbons (Fsp3) is 0.375. The molecule has 2 heterocycles. The Kier molecular flexibility index (Phi) is 3.74. The zero-order valence-corrected chi connectivity index (χ0v) is 12.6.